The summed E-state index contributed by atoms with van der Waals surface area (Å²) in [5.74, 6) is 0.925. The van der Waals surface area contributed by atoms with Crippen LogP contribution in [-0.2, 0) is 21.9 Å². The standard InChI is InChI=1S/C31H30BrFN4O3S/c1-3-4-17-39-29(38)27-20(2)34-30-35-31(41-19-23-7-5-6-8-26(23)33)36-37(30)28(27)22-11-15-25(16-12-22)40-18-21-9-13-24(32)14-10-21/h5-16,28H,3-4,17-19H2,1-2H3,(H,34,35,36). The van der Waals surface area contributed by atoms with E-state index in [1.807, 2.05) is 62.4 Å². The van der Waals surface area contributed by atoms with Gasteiger partial charge in [0.15, 0.2) is 0 Å². The van der Waals surface area contributed by atoms with Crippen molar-refractivity contribution < 1.29 is 18.7 Å². The topological polar surface area (TPSA) is 78.3 Å². The van der Waals surface area contributed by atoms with Crippen molar-refractivity contribution in [1.82, 2.24) is 14.8 Å². The van der Waals surface area contributed by atoms with Gasteiger partial charge in [0.05, 0.1) is 12.2 Å². The Morgan fingerprint density at radius 2 is 1.85 bits per heavy atom. The molecule has 5 rings (SSSR count). The van der Waals surface area contributed by atoms with Crippen molar-refractivity contribution in [2.75, 3.05) is 11.9 Å². The first-order valence-corrected chi connectivity index (χ1v) is 15.2. The molecule has 0 saturated heterocycles. The Morgan fingerprint density at radius 3 is 2.59 bits per heavy atom. The fourth-order valence-electron chi connectivity index (χ4n) is 4.40. The van der Waals surface area contributed by atoms with Gasteiger partial charge in [-0.25, -0.2) is 13.9 Å². The molecule has 1 atom stereocenters. The molecular formula is C31H30BrFN4O3S. The fraction of sp³-hybridized carbons (Fsp3) is 0.258. The molecule has 1 aliphatic heterocycles. The van der Waals surface area contributed by atoms with Gasteiger partial charge in [-0.1, -0.05) is 83.5 Å². The van der Waals surface area contributed by atoms with Crippen LogP contribution in [0.15, 0.2) is 93.7 Å². The third kappa shape index (κ3) is 7.00. The first-order chi connectivity index (χ1) is 19.9. The average molecular weight is 638 g/mol. The number of nitrogens with zero attached hydrogens (tertiary/aromatic N) is 3. The maximum Gasteiger partial charge on any atom is 0.338 e. The normalized spacial score (nSPS) is 14.4. The van der Waals surface area contributed by atoms with Gasteiger partial charge in [0.2, 0.25) is 11.1 Å². The lowest BCUT2D eigenvalue weighted by atomic mass is 9.96. The monoisotopic (exact) mass is 636 g/mol. The molecule has 41 heavy (non-hydrogen) atoms. The summed E-state index contributed by atoms with van der Waals surface area (Å²) in [4.78, 5) is 18.0. The molecule has 1 aromatic heterocycles. The molecule has 0 bridgehead atoms. The number of fused-ring (bicyclic) bond motifs is 1. The molecule has 0 amide bonds. The molecule has 10 heteroatoms. The molecule has 4 aromatic rings. The molecule has 7 nitrogen and oxygen atoms in total. The second kappa shape index (κ2) is 13.4. The maximum atomic E-state index is 14.2. The zero-order chi connectivity index (χ0) is 28.8. The van der Waals surface area contributed by atoms with Gasteiger partial charge in [0, 0.05) is 15.9 Å². The predicted molar refractivity (Wildman–Crippen MR) is 161 cm³/mol. The van der Waals surface area contributed by atoms with Crippen LogP contribution in [-0.4, -0.2) is 27.3 Å². The molecule has 2 heterocycles. The van der Waals surface area contributed by atoms with Gasteiger partial charge in [-0.3, -0.25) is 0 Å². The van der Waals surface area contributed by atoms with Crippen molar-refractivity contribution in [3.63, 3.8) is 0 Å². The number of rotatable bonds is 11. The van der Waals surface area contributed by atoms with Gasteiger partial charge in [-0.15, -0.1) is 5.10 Å². The summed E-state index contributed by atoms with van der Waals surface area (Å²) >= 11 is 4.78. The van der Waals surface area contributed by atoms with Crippen LogP contribution in [0.25, 0.3) is 0 Å². The minimum atomic E-state index is -0.559. The number of nitrogens with one attached hydrogen (secondary N) is 1. The summed E-state index contributed by atoms with van der Waals surface area (Å²) in [6.07, 6.45) is 1.70. The Labute approximate surface area is 251 Å². The molecule has 1 unspecified atom stereocenters. The second-order valence-corrected chi connectivity index (χ2v) is 11.4. The Balaban J connectivity index is 1.40. The van der Waals surface area contributed by atoms with Gasteiger partial charge in [-0.2, -0.15) is 4.98 Å². The highest BCUT2D eigenvalue weighted by atomic mass is 79.9. The van der Waals surface area contributed by atoms with E-state index < -0.39 is 12.0 Å². The molecule has 0 saturated carbocycles. The number of hydrogen-bond donors (Lipinski definition) is 1. The first-order valence-electron chi connectivity index (χ1n) is 13.4. The van der Waals surface area contributed by atoms with E-state index in [1.54, 1.807) is 22.9 Å². The van der Waals surface area contributed by atoms with E-state index in [0.717, 1.165) is 28.4 Å². The van der Waals surface area contributed by atoms with Crippen LogP contribution in [0.1, 0.15) is 49.4 Å². The largest absolute Gasteiger partial charge is 0.489 e. The number of unbranched alkanes of at least 4 members (excludes halogenated alkanes) is 1. The highest BCUT2D eigenvalue weighted by Gasteiger charge is 2.35. The number of allylic oxidation sites excluding steroid dienone is 1. The van der Waals surface area contributed by atoms with E-state index in [0.29, 0.717) is 52.7 Å². The van der Waals surface area contributed by atoms with Gasteiger partial charge < -0.3 is 14.8 Å². The van der Waals surface area contributed by atoms with Crippen LogP contribution in [0.3, 0.4) is 0 Å². The summed E-state index contributed by atoms with van der Waals surface area (Å²) < 4.78 is 28.5. The maximum absolute atomic E-state index is 14.2. The fourth-order valence-corrected chi connectivity index (χ4v) is 5.48. The van der Waals surface area contributed by atoms with Gasteiger partial charge in [0.25, 0.3) is 0 Å². The second-order valence-electron chi connectivity index (χ2n) is 9.58. The first kappa shape index (κ1) is 28.9. The molecule has 0 radical (unpaired) electrons. The predicted octanol–water partition coefficient (Wildman–Crippen LogP) is 7.68. The van der Waals surface area contributed by atoms with Crippen LogP contribution < -0.4 is 10.1 Å². The third-order valence-electron chi connectivity index (χ3n) is 6.61. The number of hydrogen-bond acceptors (Lipinski definition) is 7. The van der Waals surface area contributed by atoms with Crippen molar-refractivity contribution >= 4 is 39.6 Å². The highest BCUT2D eigenvalue weighted by molar-refractivity contribution is 9.10. The van der Waals surface area contributed by atoms with Crippen LogP contribution >= 0.6 is 27.7 Å². The van der Waals surface area contributed by atoms with E-state index in [-0.39, 0.29) is 5.82 Å². The van der Waals surface area contributed by atoms with Crippen molar-refractivity contribution in [2.45, 2.75) is 50.2 Å². The molecule has 1 aliphatic rings. The van der Waals surface area contributed by atoms with Crippen LogP contribution in [0.4, 0.5) is 10.3 Å². The SMILES string of the molecule is CCCCOC(=O)C1=C(C)Nc2nc(SCc3ccccc3F)nn2C1c1ccc(OCc2ccc(Br)cc2)cc1. The van der Waals surface area contributed by atoms with Gasteiger partial charge in [0.1, 0.15) is 24.2 Å². The zero-order valence-electron chi connectivity index (χ0n) is 22.8. The number of esters is 1. The lowest BCUT2D eigenvalue weighted by molar-refractivity contribution is -0.139. The van der Waals surface area contributed by atoms with Crippen molar-refractivity contribution in [3.8, 4) is 5.75 Å². The minimum Gasteiger partial charge on any atom is -0.489 e. The van der Waals surface area contributed by atoms with Crippen molar-refractivity contribution in [2.24, 2.45) is 0 Å². The van der Waals surface area contributed by atoms with E-state index in [2.05, 4.69) is 26.2 Å². The number of halogens is 2. The smallest absolute Gasteiger partial charge is 0.338 e. The summed E-state index contributed by atoms with van der Waals surface area (Å²) in [7, 11) is 0. The average Bonchev–Trinajstić information content (AvgIpc) is 3.38. The summed E-state index contributed by atoms with van der Waals surface area (Å²) in [5, 5.41) is 8.42. The molecule has 3 aromatic carbocycles. The van der Waals surface area contributed by atoms with Crippen LogP contribution in [0, 0.1) is 5.82 Å². The zero-order valence-corrected chi connectivity index (χ0v) is 25.2. The quantitative estimate of drug-likeness (QED) is 0.103. The summed E-state index contributed by atoms with van der Waals surface area (Å²) in [6.45, 7) is 4.66. The van der Waals surface area contributed by atoms with Crippen molar-refractivity contribution in [3.05, 3.63) is 111 Å². The van der Waals surface area contributed by atoms with Crippen molar-refractivity contribution in [1.29, 1.82) is 0 Å². The Hall–Kier alpha value is -3.63. The van der Waals surface area contributed by atoms with E-state index >= 15 is 0 Å². The lowest BCUT2D eigenvalue weighted by Gasteiger charge is -2.28. The minimum absolute atomic E-state index is 0.267. The Kier molecular flexibility index (Phi) is 9.41. The Morgan fingerprint density at radius 1 is 1.10 bits per heavy atom. The van der Waals surface area contributed by atoms with Crippen LogP contribution in [0.2, 0.25) is 0 Å². The van der Waals surface area contributed by atoms with Crippen LogP contribution in [0.5, 0.6) is 5.75 Å². The number of carbonyl (C=O) groups is 1. The molecule has 1 N–H and O–H groups in total. The van der Waals surface area contributed by atoms with E-state index in [9.17, 15) is 9.18 Å². The summed E-state index contributed by atoms with van der Waals surface area (Å²) in [5.41, 5.74) is 3.58. The molecule has 0 aliphatic carbocycles. The number of ether oxygens (including phenoxy) is 2. The van der Waals surface area contributed by atoms with E-state index in [4.69, 9.17) is 14.6 Å². The third-order valence-corrected chi connectivity index (χ3v) is 8.03. The number of thioether (sulfide) groups is 1. The molecular weight excluding hydrogens is 607 g/mol. The molecule has 0 spiro atoms. The summed E-state index contributed by atoms with van der Waals surface area (Å²) in [6, 6.07) is 21.7. The number of anilines is 1. The van der Waals surface area contributed by atoms with Gasteiger partial charge >= 0.3 is 5.97 Å². The molecule has 212 valence electrons. The Bertz CT molecular complexity index is 1540. The molecule has 0 fully saturated rings. The number of aromatic nitrogens is 3. The number of carbonyl (C=O) groups excluding carboxylic acids is 1. The van der Waals surface area contributed by atoms with Gasteiger partial charge in [-0.05, 0) is 60.4 Å². The van der Waals surface area contributed by atoms with E-state index in [1.165, 1.54) is 17.8 Å². The highest BCUT2D eigenvalue weighted by Crippen LogP contribution is 2.37. The lowest BCUT2D eigenvalue weighted by Crippen LogP contribution is -2.29. The number of benzene rings is 3.